The fourth-order valence-corrected chi connectivity index (χ4v) is 2.57. The minimum atomic E-state index is -2.09. The van der Waals surface area contributed by atoms with Gasteiger partial charge in [0.15, 0.2) is 17.5 Å². The molecule has 2 rings (SSSR count). The van der Waals surface area contributed by atoms with Gasteiger partial charge >= 0.3 is 11.9 Å². The third-order valence-electron chi connectivity index (χ3n) is 3.85. The van der Waals surface area contributed by atoms with Crippen LogP contribution in [0.5, 0.6) is 0 Å². The van der Waals surface area contributed by atoms with Crippen LogP contribution in [0, 0.1) is 0 Å². The summed E-state index contributed by atoms with van der Waals surface area (Å²) in [5, 5.41) is 10.7. The van der Waals surface area contributed by atoms with E-state index in [0.717, 1.165) is 0 Å². The Hall–Kier alpha value is -1.96. The van der Waals surface area contributed by atoms with E-state index in [1.165, 1.54) is 6.92 Å². The summed E-state index contributed by atoms with van der Waals surface area (Å²) in [5.74, 6) is -2.48. The average molecular weight is 352 g/mol. The zero-order chi connectivity index (χ0) is 18.7. The SMILES string of the molecule is CCOC(=O)C(C)(O)[C@H](OC(=O)c1ccccc1)C1COC(C)(C)O1. The van der Waals surface area contributed by atoms with Gasteiger partial charge in [0.05, 0.1) is 18.8 Å². The van der Waals surface area contributed by atoms with Crippen LogP contribution in [-0.2, 0) is 23.7 Å². The van der Waals surface area contributed by atoms with Gasteiger partial charge in [0, 0.05) is 0 Å². The number of benzene rings is 1. The Morgan fingerprint density at radius 1 is 1.36 bits per heavy atom. The molecule has 1 N–H and O–H groups in total. The highest BCUT2D eigenvalue weighted by Gasteiger charge is 2.52. The Morgan fingerprint density at radius 2 is 2.00 bits per heavy atom. The molecule has 1 saturated heterocycles. The quantitative estimate of drug-likeness (QED) is 0.779. The van der Waals surface area contributed by atoms with Crippen LogP contribution >= 0.6 is 0 Å². The van der Waals surface area contributed by atoms with Gasteiger partial charge in [-0.25, -0.2) is 9.59 Å². The first-order valence-corrected chi connectivity index (χ1v) is 8.15. The van der Waals surface area contributed by atoms with Gasteiger partial charge in [0.25, 0.3) is 0 Å². The van der Waals surface area contributed by atoms with Crippen molar-refractivity contribution in [2.75, 3.05) is 13.2 Å². The highest BCUT2D eigenvalue weighted by Crippen LogP contribution is 2.31. The minimum Gasteiger partial charge on any atom is -0.464 e. The van der Waals surface area contributed by atoms with Crippen molar-refractivity contribution in [3.8, 4) is 0 Å². The van der Waals surface area contributed by atoms with Crippen molar-refractivity contribution in [2.24, 2.45) is 0 Å². The molecule has 7 heteroatoms. The van der Waals surface area contributed by atoms with Gasteiger partial charge < -0.3 is 24.1 Å². The molecule has 1 heterocycles. The van der Waals surface area contributed by atoms with E-state index in [-0.39, 0.29) is 13.2 Å². The van der Waals surface area contributed by atoms with Crippen molar-refractivity contribution >= 4 is 11.9 Å². The second kappa shape index (κ2) is 7.51. The second-order valence-corrected chi connectivity index (χ2v) is 6.43. The zero-order valence-corrected chi connectivity index (χ0v) is 14.9. The summed E-state index contributed by atoms with van der Waals surface area (Å²) < 4.78 is 21.5. The van der Waals surface area contributed by atoms with Gasteiger partial charge in [-0.2, -0.15) is 0 Å². The number of esters is 2. The third-order valence-corrected chi connectivity index (χ3v) is 3.85. The van der Waals surface area contributed by atoms with Crippen LogP contribution in [0.4, 0.5) is 0 Å². The van der Waals surface area contributed by atoms with Crippen LogP contribution in [0.15, 0.2) is 30.3 Å². The van der Waals surface area contributed by atoms with Crippen LogP contribution < -0.4 is 0 Å². The molecule has 1 aromatic carbocycles. The standard InChI is InChI=1S/C18H24O7/c1-5-22-16(20)18(4,21)14(13-11-23-17(2,3)25-13)24-15(19)12-9-7-6-8-10-12/h6-10,13-14,21H,5,11H2,1-4H3/t13?,14-,18?/m1/s1. The predicted molar refractivity (Wildman–Crippen MR) is 87.8 cm³/mol. The van der Waals surface area contributed by atoms with Gasteiger partial charge in [-0.15, -0.1) is 0 Å². The molecule has 2 unspecified atom stereocenters. The first-order chi connectivity index (χ1) is 11.7. The van der Waals surface area contributed by atoms with Crippen LogP contribution in [0.3, 0.4) is 0 Å². The van der Waals surface area contributed by atoms with E-state index in [1.54, 1.807) is 51.1 Å². The van der Waals surface area contributed by atoms with Gasteiger partial charge in [-0.05, 0) is 39.8 Å². The van der Waals surface area contributed by atoms with E-state index >= 15 is 0 Å². The number of hydrogen-bond acceptors (Lipinski definition) is 7. The maximum absolute atomic E-state index is 12.4. The molecule has 7 nitrogen and oxygen atoms in total. The average Bonchev–Trinajstić information content (AvgIpc) is 2.92. The maximum atomic E-state index is 12.4. The molecule has 0 radical (unpaired) electrons. The molecule has 0 bridgehead atoms. The molecule has 0 amide bonds. The predicted octanol–water partition coefficient (Wildman–Crippen LogP) is 1.68. The molecular weight excluding hydrogens is 328 g/mol. The first kappa shape index (κ1) is 19.4. The number of carbonyl (C=O) groups excluding carboxylic acids is 2. The minimum absolute atomic E-state index is 0.0648. The molecule has 3 atom stereocenters. The van der Waals surface area contributed by atoms with E-state index < -0.39 is 35.5 Å². The monoisotopic (exact) mass is 352 g/mol. The van der Waals surface area contributed by atoms with Crippen molar-refractivity contribution in [3.05, 3.63) is 35.9 Å². The molecule has 138 valence electrons. The number of carbonyl (C=O) groups is 2. The van der Waals surface area contributed by atoms with E-state index in [1.807, 2.05) is 0 Å². The summed E-state index contributed by atoms with van der Waals surface area (Å²) in [6, 6.07) is 8.29. The molecule has 1 aliphatic heterocycles. The summed E-state index contributed by atoms with van der Waals surface area (Å²) in [6.45, 7) is 6.40. The van der Waals surface area contributed by atoms with Crippen molar-refractivity contribution < 1.29 is 33.6 Å². The molecule has 0 spiro atoms. The van der Waals surface area contributed by atoms with Gasteiger partial charge in [-0.3, -0.25) is 0 Å². The number of hydrogen-bond donors (Lipinski definition) is 1. The van der Waals surface area contributed by atoms with E-state index in [2.05, 4.69) is 0 Å². The molecule has 0 saturated carbocycles. The topological polar surface area (TPSA) is 91.3 Å². The molecular formula is C18H24O7. The van der Waals surface area contributed by atoms with E-state index in [0.29, 0.717) is 5.56 Å². The molecule has 1 aromatic rings. The Kier molecular flexibility index (Phi) is 5.82. The Balaban J connectivity index is 2.26. The lowest BCUT2D eigenvalue weighted by atomic mass is 9.94. The Bertz CT molecular complexity index is 609. The smallest absolute Gasteiger partial charge is 0.341 e. The largest absolute Gasteiger partial charge is 0.464 e. The van der Waals surface area contributed by atoms with Crippen molar-refractivity contribution in [1.29, 1.82) is 0 Å². The summed E-state index contributed by atoms with van der Waals surface area (Å²) in [7, 11) is 0. The van der Waals surface area contributed by atoms with Crippen LogP contribution in [0.1, 0.15) is 38.1 Å². The molecule has 1 aliphatic rings. The van der Waals surface area contributed by atoms with Crippen molar-refractivity contribution in [3.63, 3.8) is 0 Å². The number of rotatable bonds is 6. The van der Waals surface area contributed by atoms with Crippen LogP contribution in [-0.4, -0.2) is 53.9 Å². The van der Waals surface area contributed by atoms with Gasteiger partial charge in [0.2, 0.25) is 0 Å². The number of aliphatic hydroxyl groups is 1. The van der Waals surface area contributed by atoms with Gasteiger partial charge in [-0.1, -0.05) is 18.2 Å². The summed E-state index contributed by atoms with van der Waals surface area (Å²) >= 11 is 0. The lowest BCUT2D eigenvalue weighted by Gasteiger charge is -2.33. The molecule has 1 fully saturated rings. The fraction of sp³-hybridized carbons (Fsp3) is 0.556. The summed E-state index contributed by atoms with van der Waals surface area (Å²) in [5.41, 5.74) is -1.79. The molecule has 0 aliphatic carbocycles. The number of ether oxygens (including phenoxy) is 4. The zero-order valence-electron chi connectivity index (χ0n) is 14.9. The normalized spacial score (nSPS) is 22.7. The van der Waals surface area contributed by atoms with E-state index in [4.69, 9.17) is 18.9 Å². The Labute approximate surface area is 146 Å². The van der Waals surface area contributed by atoms with E-state index in [9.17, 15) is 14.7 Å². The lowest BCUT2D eigenvalue weighted by Crippen LogP contribution is -2.56. The fourth-order valence-electron chi connectivity index (χ4n) is 2.57. The maximum Gasteiger partial charge on any atom is 0.341 e. The van der Waals surface area contributed by atoms with Crippen LogP contribution in [0.25, 0.3) is 0 Å². The highest BCUT2D eigenvalue weighted by atomic mass is 16.8. The van der Waals surface area contributed by atoms with Gasteiger partial charge in [0.1, 0.15) is 6.10 Å². The third kappa shape index (κ3) is 4.56. The van der Waals surface area contributed by atoms with Crippen LogP contribution in [0.2, 0.25) is 0 Å². The molecule has 25 heavy (non-hydrogen) atoms. The summed E-state index contributed by atoms with van der Waals surface area (Å²) in [4.78, 5) is 24.6. The lowest BCUT2D eigenvalue weighted by molar-refractivity contribution is -0.195. The van der Waals surface area contributed by atoms with Crippen molar-refractivity contribution in [1.82, 2.24) is 0 Å². The van der Waals surface area contributed by atoms with Crippen molar-refractivity contribution in [2.45, 2.75) is 51.3 Å². The highest BCUT2D eigenvalue weighted by molar-refractivity contribution is 5.90. The Morgan fingerprint density at radius 3 is 2.52 bits per heavy atom. The summed E-state index contributed by atoms with van der Waals surface area (Å²) in [6.07, 6.45) is -2.11. The first-order valence-electron chi connectivity index (χ1n) is 8.15. The molecule has 0 aromatic heterocycles. The second-order valence-electron chi connectivity index (χ2n) is 6.43.